The van der Waals surface area contributed by atoms with Gasteiger partial charge in [0.1, 0.15) is 5.82 Å². The van der Waals surface area contributed by atoms with Gasteiger partial charge in [0.15, 0.2) is 0 Å². The summed E-state index contributed by atoms with van der Waals surface area (Å²) in [5.41, 5.74) is 0.626. The molecule has 0 aliphatic heterocycles. The lowest BCUT2D eigenvalue weighted by atomic mass is 10.1. The van der Waals surface area contributed by atoms with Crippen LogP contribution < -0.4 is 10.0 Å². The second kappa shape index (κ2) is 7.65. The van der Waals surface area contributed by atoms with Crippen LogP contribution in [0.3, 0.4) is 0 Å². The number of hydrogen-bond donors (Lipinski definition) is 2. The van der Waals surface area contributed by atoms with E-state index in [4.69, 9.17) is 0 Å². The van der Waals surface area contributed by atoms with Crippen molar-refractivity contribution in [3.05, 3.63) is 59.4 Å². The molecule has 0 fully saturated rings. The summed E-state index contributed by atoms with van der Waals surface area (Å²) in [6, 6.07) is 9.86. The minimum Gasteiger partial charge on any atom is -0.350 e. The fourth-order valence-corrected chi connectivity index (χ4v) is 3.33. The molecule has 0 aliphatic rings. The van der Waals surface area contributed by atoms with E-state index >= 15 is 0 Å². The molecule has 2 N–H and O–H groups in total. The largest absolute Gasteiger partial charge is 0.350 e. The lowest BCUT2D eigenvalue weighted by Gasteiger charge is -2.15. The van der Waals surface area contributed by atoms with Crippen molar-refractivity contribution in [3.63, 3.8) is 0 Å². The Morgan fingerprint density at radius 1 is 1.20 bits per heavy atom. The van der Waals surface area contributed by atoms with Crippen molar-refractivity contribution < 1.29 is 17.6 Å². The highest BCUT2D eigenvalue weighted by atomic mass is 32.2. The molecule has 0 saturated heterocycles. The van der Waals surface area contributed by atoms with Crippen LogP contribution in [0.25, 0.3) is 0 Å². The lowest BCUT2D eigenvalue weighted by Crippen LogP contribution is -2.32. The van der Waals surface area contributed by atoms with Crippen LogP contribution in [0.2, 0.25) is 0 Å². The highest BCUT2D eigenvalue weighted by Gasteiger charge is 2.19. The highest BCUT2D eigenvalue weighted by molar-refractivity contribution is 7.92. The van der Waals surface area contributed by atoms with Crippen LogP contribution in [0.5, 0.6) is 0 Å². The number of amides is 1. The van der Waals surface area contributed by atoms with E-state index in [1.54, 1.807) is 18.2 Å². The Balaban J connectivity index is 2.33. The number of halogens is 1. The van der Waals surface area contributed by atoms with Crippen LogP contribution in [0.15, 0.2) is 47.4 Å². The van der Waals surface area contributed by atoms with Gasteiger partial charge in [-0.3, -0.25) is 9.52 Å². The van der Waals surface area contributed by atoms with Gasteiger partial charge in [-0.05, 0) is 56.2 Å². The number of sulfonamides is 1. The Morgan fingerprint density at radius 3 is 2.52 bits per heavy atom. The average molecular weight is 364 g/mol. The zero-order valence-corrected chi connectivity index (χ0v) is 15.2. The first-order chi connectivity index (χ1) is 11.7. The van der Waals surface area contributed by atoms with E-state index in [1.165, 1.54) is 25.1 Å². The summed E-state index contributed by atoms with van der Waals surface area (Å²) < 4.78 is 40.9. The van der Waals surface area contributed by atoms with Gasteiger partial charge >= 0.3 is 0 Å². The Labute approximate surface area is 147 Å². The maximum atomic E-state index is 13.4. The van der Waals surface area contributed by atoms with E-state index < -0.39 is 15.8 Å². The van der Waals surface area contributed by atoms with Crippen LogP contribution in [0.1, 0.15) is 36.2 Å². The van der Waals surface area contributed by atoms with Crippen molar-refractivity contribution in [2.45, 2.75) is 38.1 Å². The molecular formula is C18H21FN2O3S. The Morgan fingerprint density at radius 2 is 1.88 bits per heavy atom. The zero-order valence-electron chi connectivity index (χ0n) is 14.3. The van der Waals surface area contributed by atoms with Crippen molar-refractivity contribution in [2.75, 3.05) is 4.72 Å². The second-order valence-corrected chi connectivity index (χ2v) is 7.53. The van der Waals surface area contributed by atoms with Gasteiger partial charge in [0.05, 0.1) is 16.1 Å². The molecule has 0 aromatic heterocycles. The van der Waals surface area contributed by atoms with Gasteiger partial charge in [-0.25, -0.2) is 12.8 Å². The first kappa shape index (κ1) is 18.9. The van der Waals surface area contributed by atoms with Gasteiger partial charge in [0.25, 0.3) is 15.9 Å². The lowest BCUT2D eigenvalue weighted by molar-refractivity contribution is 0.0940. The predicted molar refractivity (Wildman–Crippen MR) is 95.6 cm³/mol. The minimum absolute atomic E-state index is 0.0306. The number of benzene rings is 2. The third-order valence-electron chi connectivity index (χ3n) is 3.85. The molecule has 7 heteroatoms. The molecule has 0 heterocycles. The summed E-state index contributed by atoms with van der Waals surface area (Å²) in [6.07, 6.45) is 0.758. The molecule has 5 nitrogen and oxygen atoms in total. The standard InChI is InChI=1S/C18H21FN2O3S/c1-4-13(3)20-18(22)15-7-5-6-8-17(15)21-25(23,24)14-9-10-16(19)12(2)11-14/h5-11,13,21H,4H2,1-3H3,(H,20,22)/t13-/m0/s1. The first-order valence-corrected chi connectivity index (χ1v) is 9.41. The summed E-state index contributed by atoms with van der Waals surface area (Å²) in [7, 11) is -3.94. The summed E-state index contributed by atoms with van der Waals surface area (Å²) in [6.45, 7) is 5.30. The Kier molecular flexibility index (Phi) is 5.79. The Hall–Kier alpha value is -2.41. The maximum Gasteiger partial charge on any atom is 0.261 e. The minimum atomic E-state index is -3.94. The number of para-hydroxylation sites is 1. The number of anilines is 1. The van der Waals surface area contributed by atoms with Crippen LogP contribution in [0.4, 0.5) is 10.1 Å². The third kappa shape index (κ3) is 4.57. The van der Waals surface area contributed by atoms with Gasteiger partial charge in [0.2, 0.25) is 0 Å². The Bertz CT molecular complexity index is 882. The van der Waals surface area contributed by atoms with Gasteiger partial charge in [-0.2, -0.15) is 0 Å². The monoisotopic (exact) mass is 364 g/mol. The molecule has 2 rings (SSSR count). The van der Waals surface area contributed by atoms with Crippen molar-refractivity contribution >= 4 is 21.6 Å². The van der Waals surface area contributed by atoms with Crippen molar-refractivity contribution in [1.29, 1.82) is 0 Å². The van der Waals surface area contributed by atoms with E-state index in [0.717, 1.165) is 12.5 Å². The molecule has 25 heavy (non-hydrogen) atoms. The average Bonchev–Trinajstić information content (AvgIpc) is 2.57. The zero-order chi connectivity index (χ0) is 18.6. The maximum absolute atomic E-state index is 13.4. The van der Waals surface area contributed by atoms with Gasteiger partial charge in [0, 0.05) is 6.04 Å². The van der Waals surface area contributed by atoms with E-state index in [-0.39, 0.29) is 33.7 Å². The molecule has 0 saturated carbocycles. The molecule has 0 aliphatic carbocycles. The highest BCUT2D eigenvalue weighted by Crippen LogP contribution is 2.21. The number of carbonyl (C=O) groups excluding carboxylic acids is 1. The normalized spacial score (nSPS) is 12.5. The van der Waals surface area contributed by atoms with Crippen molar-refractivity contribution in [2.24, 2.45) is 0 Å². The number of nitrogens with one attached hydrogen (secondary N) is 2. The number of carbonyl (C=O) groups is 1. The molecule has 1 atom stereocenters. The molecule has 1 amide bonds. The molecule has 0 bridgehead atoms. The topological polar surface area (TPSA) is 75.3 Å². The van der Waals surface area contributed by atoms with Crippen LogP contribution in [-0.2, 0) is 10.0 Å². The molecule has 0 unspecified atom stereocenters. The van der Waals surface area contributed by atoms with Gasteiger partial charge in [-0.15, -0.1) is 0 Å². The van der Waals surface area contributed by atoms with E-state index in [1.807, 2.05) is 13.8 Å². The quantitative estimate of drug-likeness (QED) is 0.824. The van der Waals surface area contributed by atoms with Crippen molar-refractivity contribution in [3.8, 4) is 0 Å². The molecule has 0 spiro atoms. The van der Waals surface area contributed by atoms with Gasteiger partial charge < -0.3 is 5.32 Å². The smallest absolute Gasteiger partial charge is 0.261 e. The van der Waals surface area contributed by atoms with Crippen LogP contribution >= 0.6 is 0 Å². The summed E-state index contributed by atoms with van der Waals surface area (Å²) in [5.74, 6) is -0.838. The summed E-state index contributed by atoms with van der Waals surface area (Å²) in [5, 5.41) is 2.81. The molecule has 2 aromatic carbocycles. The SMILES string of the molecule is CC[C@H](C)NC(=O)c1ccccc1NS(=O)(=O)c1ccc(F)c(C)c1. The fourth-order valence-electron chi connectivity index (χ4n) is 2.16. The van der Waals surface area contributed by atoms with Crippen LogP contribution in [-0.4, -0.2) is 20.4 Å². The van der Waals surface area contributed by atoms with E-state index in [9.17, 15) is 17.6 Å². The van der Waals surface area contributed by atoms with E-state index in [2.05, 4.69) is 10.0 Å². The molecular weight excluding hydrogens is 343 g/mol. The van der Waals surface area contributed by atoms with E-state index in [0.29, 0.717) is 0 Å². The molecule has 134 valence electrons. The fraction of sp³-hybridized carbons (Fsp3) is 0.278. The summed E-state index contributed by atoms with van der Waals surface area (Å²) in [4.78, 5) is 12.3. The number of rotatable bonds is 6. The third-order valence-corrected chi connectivity index (χ3v) is 5.21. The second-order valence-electron chi connectivity index (χ2n) is 5.84. The van der Waals surface area contributed by atoms with Crippen LogP contribution in [0, 0.1) is 12.7 Å². The predicted octanol–water partition coefficient (Wildman–Crippen LogP) is 3.46. The molecule has 2 aromatic rings. The first-order valence-electron chi connectivity index (χ1n) is 7.93. The number of hydrogen-bond acceptors (Lipinski definition) is 3. The van der Waals surface area contributed by atoms with Crippen molar-refractivity contribution in [1.82, 2.24) is 5.32 Å². The summed E-state index contributed by atoms with van der Waals surface area (Å²) >= 11 is 0. The molecule has 0 radical (unpaired) electrons. The number of aryl methyl sites for hydroxylation is 1. The van der Waals surface area contributed by atoms with Gasteiger partial charge in [-0.1, -0.05) is 19.1 Å².